The van der Waals surface area contributed by atoms with Gasteiger partial charge in [0.15, 0.2) is 11.4 Å². The molecular formula is C13H15N3O2. The van der Waals surface area contributed by atoms with E-state index in [2.05, 4.69) is 9.97 Å². The Balaban J connectivity index is 2.40. The smallest absolute Gasteiger partial charge is 0.358 e. The number of carbonyl (C=O) groups excluding carboxylic acids is 1. The van der Waals surface area contributed by atoms with Crippen LogP contribution < -0.4 is 0 Å². The second-order valence-electron chi connectivity index (χ2n) is 4.43. The Morgan fingerprint density at radius 2 is 2.17 bits per heavy atom. The molecule has 1 aliphatic rings. The van der Waals surface area contributed by atoms with Crippen LogP contribution >= 0.6 is 0 Å². The van der Waals surface area contributed by atoms with Crippen LogP contribution in [-0.2, 0) is 4.74 Å². The molecule has 1 aromatic heterocycles. The Morgan fingerprint density at radius 1 is 1.44 bits per heavy atom. The lowest BCUT2D eigenvalue weighted by Gasteiger charge is -2.22. The van der Waals surface area contributed by atoms with Gasteiger partial charge < -0.3 is 4.74 Å². The zero-order valence-electron chi connectivity index (χ0n) is 10.3. The van der Waals surface area contributed by atoms with E-state index >= 15 is 0 Å². The van der Waals surface area contributed by atoms with Crippen molar-refractivity contribution in [3.63, 3.8) is 0 Å². The number of rotatable bonds is 2. The molecule has 1 fully saturated rings. The minimum absolute atomic E-state index is 0.216. The third-order valence-corrected chi connectivity index (χ3v) is 3.28. The molecule has 0 N–H and O–H groups in total. The Kier molecular flexibility index (Phi) is 3.88. The first-order valence-electron chi connectivity index (χ1n) is 6.11. The predicted molar refractivity (Wildman–Crippen MR) is 63.9 cm³/mol. The lowest BCUT2D eigenvalue weighted by molar-refractivity contribution is 0.0590. The SMILES string of the molecule is COC(=O)c1ncc(C#N)nc1C1CCCCC1. The number of carbonyl (C=O) groups is 1. The van der Waals surface area contributed by atoms with E-state index in [4.69, 9.17) is 10.00 Å². The van der Waals surface area contributed by atoms with Gasteiger partial charge in [-0.15, -0.1) is 0 Å². The Hall–Kier alpha value is -1.96. The molecule has 0 unspecified atom stereocenters. The molecule has 0 bridgehead atoms. The van der Waals surface area contributed by atoms with Crippen LogP contribution in [0.1, 0.15) is 59.9 Å². The van der Waals surface area contributed by atoms with Crippen LogP contribution in [0.3, 0.4) is 0 Å². The predicted octanol–water partition coefficient (Wildman–Crippen LogP) is 2.18. The van der Waals surface area contributed by atoms with Crippen molar-refractivity contribution >= 4 is 5.97 Å². The quantitative estimate of drug-likeness (QED) is 0.746. The Bertz CT molecular complexity index is 487. The molecule has 1 aromatic rings. The van der Waals surface area contributed by atoms with Gasteiger partial charge in [0.25, 0.3) is 0 Å². The zero-order chi connectivity index (χ0) is 13.0. The summed E-state index contributed by atoms with van der Waals surface area (Å²) in [4.78, 5) is 20.0. The Labute approximate surface area is 106 Å². The van der Waals surface area contributed by atoms with Crippen LogP contribution in [0.5, 0.6) is 0 Å². The van der Waals surface area contributed by atoms with Crippen LogP contribution in [-0.4, -0.2) is 23.0 Å². The van der Waals surface area contributed by atoms with Gasteiger partial charge in [0.05, 0.1) is 19.0 Å². The van der Waals surface area contributed by atoms with E-state index in [0.717, 1.165) is 25.7 Å². The maximum Gasteiger partial charge on any atom is 0.358 e. The molecule has 5 heteroatoms. The summed E-state index contributed by atoms with van der Waals surface area (Å²) < 4.78 is 4.72. The molecular weight excluding hydrogens is 230 g/mol. The van der Waals surface area contributed by atoms with Crippen molar-refractivity contribution < 1.29 is 9.53 Å². The second-order valence-corrected chi connectivity index (χ2v) is 4.43. The number of hydrogen-bond donors (Lipinski definition) is 0. The average Bonchev–Trinajstić information content (AvgIpc) is 2.46. The average molecular weight is 245 g/mol. The lowest BCUT2D eigenvalue weighted by Crippen LogP contribution is -2.16. The van der Waals surface area contributed by atoms with Crippen LogP contribution in [0.25, 0.3) is 0 Å². The first kappa shape index (κ1) is 12.5. The van der Waals surface area contributed by atoms with Gasteiger partial charge in [-0.3, -0.25) is 0 Å². The normalized spacial score (nSPS) is 16.0. The van der Waals surface area contributed by atoms with Gasteiger partial charge in [-0.05, 0) is 12.8 Å². The molecule has 0 aromatic carbocycles. The van der Waals surface area contributed by atoms with E-state index in [9.17, 15) is 4.79 Å². The van der Waals surface area contributed by atoms with Crippen molar-refractivity contribution in [1.82, 2.24) is 9.97 Å². The first-order valence-corrected chi connectivity index (χ1v) is 6.11. The topological polar surface area (TPSA) is 75.9 Å². The summed E-state index contributed by atoms with van der Waals surface area (Å²) in [6.45, 7) is 0. The van der Waals surface area contributed by atoms with E-state index in [-0.39, 0.29) is 17.3 Å². The van der Waals surface area contributed by atoms with Gasteiger partial charge in [-0.25, -0.2) is 14.8 Å². The molecule has 0 amide bonds. The summed E-state index contributed by atoms with van der Waals surface area (Å²) in [5.74, 6) is -0.263. The first-order chi connectivity index (χ1) is 8.76. The molecule has 1 saturated carbocycles. The molecule has 0 saturated heterocycles. The van der Waals surface area contributed by atoms with Gasteiger partial charge in [0.2, 0.25) is 0 Å². The van der Waals surface area contributed by atoms with E-state index in [1.54, 1.807) is 0 Å². The highest BCUT2D eigenvalue weighted by Crippen LogP contribution is 2.33. The van der Waals surface area contributed by atoms with E-state index < -0.39 is 5.97 Å². The molecule has 5 nitrogen and oxygen atoms in total. The molecule has 0 radical (unpaired) electrons. The lowest BCUT2D eigenvalue weighted by atomic mass is 9.86. The number of esters is 1. The minimum Gasteiger partial charge on any atom is -0.464 e. The summed E-state index contributed by atoms with van der Waals surface area (Å²) in [5, 5.41) is 8.88. The highest BCUT2D eigenvalue weighted by molar-refractivity contribution is 5.88. The van der Waals surface area contributed by atoms with Gasteiger partial charge in [0, 0.05) is 5.92 Å². The van der Waals surface area contributed by atoms with Crippen LogP contribution in [0.4, 0.5) is 0 Å². The summed E-state index contributed by atoms with van der Waals surface area (Å²) >= 11 is 0. The van der Waals surface area contributed by atoms with E-state index in [1.807, 2.05) is 6.07 Å². The van der Waals surface area contributed by atoms with Crippen molar-refractivity contribution in [3.8, 4) is 6.07 Å². The number of ether oxygens (including phenoxy) is 1. The van der Waals surface area contributed by atoms with Gasteiger partial charge in [-0.1, -0.05) is 19.3 Å². The number of methoxy groups -OCH3 is 1. The minimum atomic E-state index is -0.479. The third kappa shape index (κ3) is 2.48. The second kappa shape index (κ2) is 5.58. The maximum absolute atomic E-state index is 11.7. The van der Waals surface area contributed by atoms with Gasteiger partial charge in [-0.2, -0.15) is 5.26 Å². The maximum atomic E-state index is 11.7. The molecule has 1 heterocycles. The van der Waals surface area contributed by atoms with Crippen molar-refractivity contribution in [2.24, 2.45) is 0 Å². The number of nitriles is 1. The fourth-order valence-corrected chi connectivity index (χ4v) is 2.37. The zero-order valence-corrected chi connectivity index (χ0v) is 10.3. The summed E-state index contributed by atoms with van der Waals surface area (Å²) in [6, 6.07) is 1.96. The molecule has 94 valence electrons. The fourth-order valence-electron chi connectivity index (χ4n) is 2.37. The van der Waals surface area contributed by atoms with E-state index in [0.29, 0.717) is 5.69 Å². The number of aromatic nitrogens is 2. The Morgan fingerprint density at radius 3 is 2.78 bits per heavy atom. The van der Waals surface area contributed by atoms with Gasteiger partial charge in [0.1, 0.15) is 6.07 Å². The molecule has 18 heavy (non-hydrogen) atoms. The van der Waals surface area contributed by atoms with Crippen LogP contribution in [0.15, 0.2) is 6.20 Å². The van der Waals surface area contributed by atoms with Gasteiger partial charge >= 0.3 is 5.97 Å². The monoisotopic (exact) mass is 245 g/mol. The number of nitrogens with zero attached hydrogens (tertiary/aromatic N) is 3. The third-order valence-electron chi connectivity index (χ3n) is 3.28. The highest BCUT2D eigenvalue weighted by Gasteiger charge is 2.25. The van der Waals surface area contributed by atoms with Crippen LogP contribution in [0, 0.1) is 11.3 Å². The summed E-state index contributed by atoms with van der Waals surface area (Å²) in [6.07, 6.45) is 6.78. The largest absolute Gasteiger partial charge is 0.464 e. The highest BCUT2D eigenvalue weighted by atomic mass is 16.5. The standard InChI is InChI=1S/C13H15N3O2/c1-18-13(17)12-11(9-5-3-2-4-6-9)16-10(7-14)8-15-12/h8-9H,2-6H2,1H3. The van der Waals surface area contributed by atoms with Crippen LogP contribution in [0.2, 0.25) is 0 Å². The van der Waals surface area contributed by atoms with E-state index in [1.165, 1.54) is 19.7 Å². The van der Waals surface area contributed by atoms with Crippen molar-refractivity contribution in [2.45, 2.75) is 38.0 Å². The van der Waals surface area contributed by atoms with Crippen molar-refractivity contribution in [1.29, 1.82) is 5.26 Å². The summed E-state index contributed by atoms with van der Waals surface area (Å²) in [5.41, 5.74) is 1.13. The van der Waals surface area contributed by atoms with Crippen molar-refractivity contribution in [2.75, 3.05) is 7.11 Å². The fraction of sp³-hybridized carbons (Fsp3) is 0.538. The molecule has 2 rings (SSSR count). The number of hydrogen-bond acceptors (Lipinski definition) is 5. The molecule has 0 aliphatic heterocycles. The summed E-state index contributed by atoms with van der Waals surface area (Å²) in [7, 11) is 1.33. The van der Waals surface area contributed by atoms with Crippen molar-refractivity contribution in [3.05, 3.63) is 23.3 Å². The molecule has 0 spiro atoms. The molecule has 0 atom stereocenters. The molecule has 1 aliphatic carbocycles.